The monoisotopic (exact) mass is 253 g/mol. The van der Waals surface area contributed by atoms with E-state index in [0.29, 0.717) is 12.2 Å². The van der Waals surface area contributed by atoms with Gasteiger partial charge in [0.25, 0.3) is 0 Å². The first-order valence-corrected chi connectivity index (χ1v) is 6.25. The first-order valence-electron chi connectivity index (χ1n) is 6.25. The fourth-order valence-corrected chi connectivity index (χ4v) is 1.84. The van der Waals surface area contributed by atoms with Crippen molar-refractivity contribution in [3.05, 3.63) is 77.5 Å². The molecule has 98 valence electrons. The normalized spacial score (nSPS) is 11.4. The van der Waals surface area contributed by atoms with Crippen molar-refractivity contribution in [2.24, 2.45) is 11.6 Å². The van der Waals surface area contributed by atoms with Crippen LogP contribution >= 0.6 is 0 Å². The number of nitrogens with zero attached hydrogens (tertiary/aromatic N) is 1. The van der Waals surface area contributed by atoms with Crippen LogP contribution in [0.15, 0.2) is 60.8 Å². The Bertz CT molecular complexity index is 544. The summed E-state index contributed by atoms with van der Waals surface area (Å²) in [6, 6.07) is 18.1. The Morgan fingerprint density at radius 1 is 1.05 bits per heavy atom. The molecular weight excluding hydrogens is 234 g/mol. The van der Waals surface area contributed by atoms with Gasteiger partial charge in [0.2, 0.25) is 0 Å². The number of rotatable bonds is 4. The molecule has 4 N–H and O–H groups in total. The van der Waals surface area contributed by atoms with Gasteiger partial charge in [-0.25, -0.2) is 5.84 Å². The summed E-state index contributed by atoms with van der Waals surface area (Å²) in [5.74, 6) is 5.95. The number of hydrogen-bond donors (Lipinski definition) is 2. The van der Waals surface area contributed by atoms with Gasteiger partial charge in [0.05, 0.1) is 12.2 Å². The van der Waals surface area contributed by atoms with E-state index in [-0.39, 0.29) is 0 Å². The minimum atomic E-state index is 0.632. The second-order valence-electron chi connectivity index (χ2n) is 4.61. The molecule has 0 bridgehead atoms. The quantitative estimate of drug-likeness (QED) is 0.650. The smallest absolute Gasteiger partial charge is 0.0586 e. The summed E-state index contributed by atoms with van der Waals surface area (Å²) in [5, 5.41) is 1.60. The van der Waals surface area contributed by atoms with Crippen molar-refractivity contribution >= 4 is 5.70 Å². The number of aryl methyl sites for hydroxylation is 1. The molecule has 0 radical (unpaired) electrons. The third-order valence-corrected chi connectivity index (χ3v) is 2.90. The highest BCUT2D eigenvalue weighted by molar-refractivity contribution is 5.62. The molecule has 0 atom stereocenters. The Balaban J connectivity index is 2.06. The van der Waals surface area contributed by atoms with Crippen molar-refractivity contribution in [2.45, 2.75) is 13.5 Å². The zero-order valence-electron chi connectivity index (χ0n) is 11.1. The van der Waals surface area contributed by atoms with Crippen LogP contribution in [0.25, 0.3) is 5.70 Å². The van der Waals surface area contributed by atoms with Gasteiger partial charge in [-0.05, 0) is 18.1 Å². The van der Waals surface area contributed by atoms with Crippen LogP contribution in [0, 0.1) is 6.92 Å². The molecule has 0 fully saturated rings. The van der Waals surface area contributed by atoms with Gasteiger partial charge in [0.1, 0.15) is 0 Å². The van der Waals surface area contributed by atoms with Crippen LogP contribution in [-0.4, -0.2) is 5.01 Å². The van der Waals surface area contributed by atoms with Gasteiger partial charge in [0, 0.05) is 6.20 Å². The first kappa shape index (κ1) is 13.2. The van der Waals surface area contributed by atoms with Crippen LogP contribution in [0.1, 0.15) is 16.7 Å². The van der Waals surface area contributed by atoms with Gasteiger partial charge in [-0.3, -0.25) is 0 Å². The standard InChI is InChI=1S/C16H19N3/c1-13-7-9-15(10-8-13)16(17)12-19(18)11-14-5-3-2-4-6-14/h2-10,12H,11,17-18H2,1H3/b16-12-. The summed E-state index contributed by atoms with van der Waals surface area (Å²) in [4.78, 5) is 0. The van der Waals surface area contributed by atoms with E-state index in [0.717, 1.165) is 11.1 Å². The Labute approximate surface area is 114 Å². The van der Waals surface area contributed by atoms with Crippen molar-refractivity contribution in [3.8, 4) is 0 Å². The SMILES string of the molecule is Cc1ccc(/C(N)=C/N(N)Cc2ccccc2)cc1. The lowest BCUT2D eigenvalue weighted by Crippen LogP contribution is -2.25. The van der Waals surface area contributed by atoms with E-state index in [2.05, 4.69) is 0 Å². The molecule has 2 aromatic carbocycles. The second kappa shape index (κ2) is 6.07. The highest BCUT2D eigenvalue weighted by Crippen LogP contribution is 2.11. The summed E-state index contributed by atoms with van der Waals surface area (Å²) in [6.45, 7) is 2.68. The van der Waals surface area contributed by atoms with Gasteiger partial charge in [0.15, 0.2) is 0 Å². The van der Waals surface area contributed by atoms with Crippen molar-refractivity contribution in [3.63, 3.8) is 0 Å². The minimum Gasteiger partial charge on any atom is -0.397 e. The highest BCUT2D eigenvalue weighted by Gasteiger charge is 2.00. The van der Waals surface area contributed by atoms with Crippen LogP contribution in [0.4, 0.5) is 0 Å². The predicted octanol–water partition coefficient (Wildman–Crippen LogP) is 2.63. The lowest BCUT2D eigenvalue weighted by Gasteiger charge is -2.15. The van der Waals surface area contributed by atoms with E-state index in [4.69, 9.17) is 11.6 Å². The van der Waals surface area contributed by atoms with Crippen molar-refractivity contribution in [1.82, 2.24) is 5.01 Å². The van der Waals surface area contributed by atoms with Crippen LogP contribution < -0.4 is 11.6 Å². The third kappa shape index (κ3) is 3.86. The summed E-state index contributed by atoms with van der Waals surface area (Å²) >= 11 is 0. The van der Waals surface area contributed by atoms with Gasteiger partial charge in [-0.1, -0.05) is 60.2 Å². The molecule has 0 heterocycles. The second-order valence-corrected chi connectivity index (χ2v) is 4.61. The topological polar surface area (TPSA) is 55.3 Å². The number of benzene rings is 2. The molecule has 0 aliphatic rings. The van der Waals surface area contributed by atoms with E-state index < -0.39 is 0 Å². The van der Waals surface area contributed by atoms with Crippen LogP contribution in [0.2, 0.25) is 0 Å². The first-order chi connectivity index (χ1) is 9.15. The lowest BCUT2D eigenvalue weighted by molar-refractivity contribution is 0.388. The maximum absolute atomic E-state index is 6.04. The molecule has 0 spiro atoms. The van der Waals surface area contributed by atoms with Gasteiger partial charge < -0.3 is 10.7 Å². The summed E-state index contributed by atoms with van der Waals surface area (Å²) in [6.07, 6.45) is 1.76. The maximum Gasteiger partial charge on any atom is 0.0586 e. The maximum atomic E-state index is 6.04. The predicted molar refractivity (Wildman–Crippen MR) is 79.5 cm³/mol. The van der Waals surface area contributed by atoms with E-state index in [1.165, 1.54) is 5.56 Å². The summed E-state index contributed by atoms with van der Waals surface area (Å²) in [7, 11) is 0. The van der Waals surface area contributed by atoms with Crippen LogP contribution in [0.3, 0.4) is 0 Å². The molecule has 0 aliphatic heterocycles. The van der Waals surface area contributed by atoms with Crippen molar-refractivity contribution in [2.75, 3.05) is 0 Å². The largest absolute Gasteiger partial charge is 0.397 e. The number of hydrogen-bond acceptors (Lipinski definition) is 3. The van der Waals surface area contributed by atoms with Gasteiger partial charge in [-0.15, -0.1) is 0 Å². The molecule has 0 aliphatic carbocycles. The molecule has 3 nitrogen and oxygen atoms in total. The zero-order valence-corrected chi connectivity index (χ0v) is 11.1. The molecule has 19 heavy (non-hydrogen) atoms. The average Bonchev–Trinajstić information content (AvgIpc) is 2.40. The molecule has 3 heteroatoms. The number of hydrazine groups is 1. The van der Waals surface area contributed by atoms with Gasteiger partial charge in [-0.2, -0.15) is 0 Å². The zero-order chi connectivity index (χ0) is 13.7. The fourth-order valence-electron chi connectivity index (χ4n) is 1.84. The Kier molecular flexibility index (Phi) is 4.21. The minimum absolute atomic E-state index is 0.632. The Morgan fingerprint density at radius 2 is 1.68 bits per heavy atom. The summed E-state index contributed by atoms with van der Waals surface area (Å²) < 4.78 is 0. The molecule has 0 saturated carbocycles. The van der Waals surface area contributed by atoms with Crippen molar-refractivity contribution in [1.29, 1.82) is 0 Å². The molecule has 2 aromatic rings. The van der Waals surface area contributed by atoms with E-state index in [1.807, 2.05) is 61.5 Å². The van der Waals surface area contributed by atoms with Crippen LogP contribution in [0.5, 0.6) is 0 Å². The third-order valence-electron chi connectivity index (χ3n) is 2.90. The van der Waals surface area contributed by atoms with Crippen molar-refractivity contribution < 1.29 is 0 Å². The number of nitrogens with two attached hydrogens (primary N) is 2. The molecule has 2 rings (SSSR count). The Hall–Kier alpha value is -2.26. The van der Waals surface area contributed by atoms with E-state index >= 15 is 0 Å². The molecule has 0 saturated heterocycles. The fraction of sp³-hybridized carbons (Fsp3) is 0.125. The molecule has 0 unspecified atom stereocenters. The van der Waals surface area contributed by atoms with Crippen LogP contribution in [-0.2, 0) is 6.54 Å². The molecule has 0 aromatic heterocycles. The Morgan fingerprint density at radius 3 is 2.32 bits per heavy atom. The average molecular weight is 253 g/mol. The molecular formula is C16H19N3. The highest BCUT2D eigenvalue weighted by atomic mass is 15.4. The lowest BCUT2D eigenvalue weighted by atomic mass is 10.1. The summed E-state index contributed by atoms with van der Waals surface area (Å²) in [5.41, 5.74) is 10.0. The van der Waals surface area contributed by atoms with E-state index in [9.17, 15) is 0 Å². The van der Waals surface area contributed by atoms with Gasteiger partial charge >= 0.3 is 0 Å². The molecule has 0 amide bonds. The van der Waals surface area contributed by atoms with E-state index in [1.54, 1.807) is 11.2 Å².